The smallest absolute Gasteiger partial charge is 0.232 e. The summed E-state index contributed by atoms with van der Waals surface area (Å²) in [5.74, 6) is 1.40. The molecule has 1 heterocycles. The lowest BCUT2D eigenvalue weighted by Gasteiger charge is -2.09. The van der Waals surface area contributed by atoms with Crippen molar-refractivity contribution in [2.24, 2.45) is 0 Å². The molecule has 1 aromatic heterocycles. The van der Waals surface area contributed by atoms with E-state index in [1.54, 1.807) is 37.0 Å². The molecule has 0 bridgehead atoms. The second-order valence-corrected chi connectivity index (χ2v) is 4.83. The van der Waals surface area contributed by atoms with Gasteiger partial charge in [-0.15, -0.1) is 11.8 Å². The van der Waals surface area contributed by atoms with Crippen LogP contribution in [0.25, 0.3) is 0 Å². The van der Waals surface area contributed by atoms with Gasteiger partial charge in [-0.05, 0) is 19.1 Å². The fourth-order valence-electron chi connectivity index (χ4n) is 1.24. The van der Waals surface area contributed by atoms with E-state index < -0.39 is 0 Å². The zero-order valence-corrected chi connectivity index (χ0v) is 11.4. The molecule has 0 unspecified atom stereocenters. The zero-order valence-electron chi connectivity index (χ0n) is 10.6. The summed E-state index contributed by atoms with van der Waals surface area (Å²) in [4.78, 5) is 17.3. The van der Waals surface area contributed by atoms with Gasteiger partial charge in [-0.25, -0.2) is 0 Å². The summed E-state index contributed by atoms with van der Waals surface area (Å²) in [6.07, 6.45) is 1.79. The minimum Gasteiger partial charge on any atom is -0.385 e. The van der Waals surface area contributed by atoms with Crippen molar-refractivity contribution in [3.8, 4) is 0 Å². The Morgan fingerprint density at radius 3 is 2.94 bits per heavy atom. The number of hydrogen-bond donors (Lipinski definition) is 1. The largest absolute Gasteiger partial charge is 0.385 e. The van der Waals surface area contributed by atoms with Crippen molar-refractivity contribution in [3.05, 3.63) is 24.0 Å². The summed E-state index contributed by atoms with van der Waals surface area (Å²) >= 11 is 1.59. The van der Waals surface area contributed by atoms with Crippen LogP contribution in [0.5, 0.6) is 0 Å². The maximum Gasteiger partial charge on any atom is 0.232 e. The summed E-state index contributed by atoms with van der Waals surface area (Å²) in [6.45, 7) is 2.96. The van der Waals surface area contributed by atoms with Crippen molar-refractivity contribution in [1.82, 2.24) is 9.88 Å². The Morgan fingerprint density at radius 2 is 2.29 bits per heavy atom. The molecule has 1 N–H and O–H groups in total. The summed E-state index contributed by atoms with van der Waals surface area (Å²) in [6, 6.07) is 3.97. The highest BCUT2D eigenvalue weighted by molar-refractivity contribution is 7.99. The third kappa shape index (κ3) is 5.08. The Morgan fingerprint density at radius 1 is 1.53 bits per heavy atom. The first-order chi connectivity index (χ1) is 8.13. The maximum atomic E-state index is 11.4. The van der Waals surface area contributed by atoms with Gasteiger partial charge in [0.25, 0.3) is 0 Å². The Balaban J connectivity index is 2.41. The van der Waals surface area contributed by atoms with Gasteiger partial charge in [0.05, 0.1) is 11.4 Å². The maximum absolute atomic E-state index is 11.4. The average molecular weight is 253 g/mol. The molecule has 0 saturated carbocycles. The number of pyridine rings is 1. The fraction of sp³-hybridized carbons (Fsp3) is 0.500. The Labute approximate surface area is 107 Å². The van der Waals surface area contributed by atoms with E-state index in [4.69, 9.17) is 0 Å². The molecule has 0 aliphatic carbocycles. The highest BCUT2D eigenvalue weighted by Crippen LogP contribution is 2.14. The van der Waals surface area contributed by atoms with Crippen LogP contribution in [-0.4, -0.2) is 42.2 Å². The van der Waals surface area contributed by atoms with Crippen LogP contribution in [0.15, 0.2) is 18.3 Å². The Bertz CT molecular complexity index is 369. The molecule has 0 aliphatic rings. The Hall–Kier alpha value is -1.23. The molecule has 0 spiro atoms. The molecule has 5 heteroatoms. The van der Waals surface area contributed by atoms with Crippen LogP contribution in [0.4, 0.5) is 5.69 Å². The number of aromatic nitrogens is 1. The van der Waals surface area contributed by atoms with Crippen LogP contribution >= 0.6 is 11.8 Å². The van der Waals surface area contributed by atoms with E-state index in [-0.39, 0.29) is 5.91 Å². The number of rotatable bonds is 6. The van der Waals surface area contributed by atoms with Crippen molar-refractivity contribution < 1.29 is 4.79 Å². The predicted octanol–water partition coefficient (Wildman–Crippen LogP) is 1.83. The number of carbonyl (C=O) groups excluding carboxylic acids is 1. The third-order valence-corrected chi connectivity index (χ3v) is 3.12. The van der Waals surface area contributed by atoms with Crippen LogP contribution in [0.1, 0.15) is 12.6 Å². The summed E-state index contributed by atoms with van der Waals surface area (Å²) in [7, 11) is 3.54. The molecule has 0 aliphatic heterocycles. The van der Waals surface area contributed by atoms with Gasteiger partial charge >= 0.3 is 0 Å². The summed E-state index contributed by atoms with van der Waals surface area (Å²) in [5, 5.41) is 3.24. The van der Waals surface area contributed by atoms with E-state index in [2.05, 4.69) is 17.2 Å². The third-order valence-electron chi connectivity index (χ3n) is 2.17. The molecule has 0 atom stereocenters. The molecule has 1 rings (SSSR count). The molecule has 1 amide bonds. The fourth-order valence-corrected chi connectivity index (χ4v) is 2.15. The lowest BCUT2D eigenvalue weighted by atomic mass is 10.3. The number of thioether (sulfide) groups is 1. The van der Waals surface area contributed by atoms with Crippen molar-refractivity contribution in [1.29, 1.82) is 0 Å². The highest BCUT2D eigenvalue weighted by Gasteiger charge is 2.04. The van der Waals surface area contributed by atoms with E-state index in [1.165, 1.54) is 0 Å². The van der Waals surface area contributed by atoms with E-state index in [0.29, 0.717) is 5.75 Å². The number of nitrogens with one attached hydrogen (secondary N) is 1. The number of nitrogens with zero attached hydrogens (tertiary/aromatic N) is 2. The number of amides is 1. The topological polar surface area (TPSA) is 45.2 Å². The molecule has 4 nitrogen and oxygen atoms in total. The van der Waals surface area contributed by atoms with Crippen LogP contribution < -0.4 is 5.32 Å². The standard InChI is InChI=1S/C12H19N3OS/c1-4-13-10-5-6-14-11(7-10)8-17-9-12(16)15(2)3/h5-7H,4,8-9H2,1-3H3,(H,13,14). The van der Waals surface area contributed by atoms with E-state index >= 15 is 0 Å². The SMILES string of the molecule is CCNc1ccnc(CSCC(=O)N(C)C)c1. The average Bonchev–Trinajstić information content (AvgIpc) is 2.29. The molecule has 17 heavy (non-hydrogen) atoms. The second kappa shape index (κ2) is 7.17. The van der Waals surface area contributed by atoms with Gasteiger partial charge < -0.3 is 10.2 Å². The van der Waals surface area contributed by atoms with Crippen LogP contribution in [0.3, 0.4) is 0 Å². The second-order valence-electron chi connectivity index (χ2n) is 3.85. The van der Waals surface area contributed by atoms with E-state index in [1.807, 2.05) is 12.1 Å². The minimum absolute atomic E-state index is 0.137. The first-order valence-electron chi connectivity index (χ1n) is 5.60. The van der Waals surface area contributed by atoms with Gasteiger partial charge in [-0.1, -0.05) is 0 Å². The predicted molar refractivity (Wildman–Crippen MR) is 73.3 cm³/mol. The normalized spacial score (nSPS) is 10.1. The molecular formula is C12H19N3OS. The van der Waals surface area contributed by atoms with Crippen molar-refractivity contribution in [2.75, 3.05) is 31.7 Å². The van der Waals surface area contributed by atoms with Gasteiger partial charge in [0.15, 0.2) is 0 Å². The van der Waals surface area contributed by atoms with Crippen LogP contribution in [-0.2, 0) is 10.5 Å². The van der Waals surface area contributed by atoms with Crippen LogP contribution in [0.2, 0.25) is 0 Å². The molecule has 0 fully saturated rings. The van der Waals surface area contributed by atoms with Crippen molar-refractivity contribution in [2.45, 2.75) is 12.7 Å². The van der Waals surface area contributed by atoms with Gasteiger partial charge in [0.2, 0.25) is 5.91 Å². The molecule has 0 aromatic carbocycles. The monoisotopic (exact) mass is 253 g/mol. The van der Waals surface area contributed by atoms with Gasteiger partial charge in [-0.2, -0.15) is 0 Å². The number of anilines is 1. The molecular weight excluding hydrogens is 234 g/mol. The zero-order chi connectivity index (χ0) is 12.7. The first kappa shape index (κ1) is 13.8. The minimum atomic E-state index is 0.137. The molecule has 0 radical (unpaired) electrons. The quantitative estimate of drug-likeness (QED) is 0.840. The van der Waals surface area contributed by atoms with E-state index in [0.717, 1.165) is 23.7 Å². The highest BCUT2D eigenvalue weighted by atomic mass is 32.2. The Kier molecular flexibility index (Phi) is 5.83. The summed E-state index contributed by atoms with van der Waals surface area (Å²) in [5.41, 5.74) is 2.08. The lowest BCUT2D eigenvalue weighted by Crippen LogP contribution is -2.23. The summed E-state index contributed by atoms with van der Waals surface area (Å²) < 4.78 is 0. The van der Waals surface area contributed by atoms with Gasteiger partial charge in [0, 0.05) is 38.3 Å². The molecule has 0 saturated heterocycles. The lowest BCUT2D eigenvalue weighted by molar-refractivity contribution is -0.125. The van der Waals surface area contributed by atoms with E-state index in [9.17, 15) is 4.79 Å². The number of hydrogen-bond acceptors (Lipinski definition) is 4. The van der Waals surface area contributed by atoms with Crippen molar-refractivity contribution >= 4 is 23.4 Å². The van der Waals surface area contributed by atoms with Crippen molar-refractivity contribution in [3.63, 3.8) is 0 Å². The number of carbonyl (C=O) groups is 1. The first-order valence-corrected chi connectivity index (χ1v) is 6.75. The van der Waals surface area contributed by atoms with Crippen LogP contribution in [0, 0.1) is 0 Å². The molecule has 94 valence electrons. The molecule has 1 aromatic rings. The van der Waals surface area contributed by atoms with Gasteiger partial charge in [0.1, 0.15) is 0 Å². The van der Waals surface area contributed by atoms with Gasteiger partial charge in [-0.3, -0.25) is 9.78 Å².